The van der Waals surface area contributed by atoms with Gasteiger partial charge in [-0.25, -0.2) is 0 Å². The van der Waals surface area contributed by atoms with Crippen LogP contribution < -0.4 is 0 Å². The molecule has 18 heavy (non-hydrogen) atoms. The minimum Gasteiger partial charge on any atom is -0.388 e. The van der Waals surface area contributed by atoms with E-state index in [4.69, 9.17) is 0 Å². The number of aryl methyl sites for hydroxylation is 2. The fourth-order valence-electron chi connectivity index (χ4n) is 1.96. The van der Waals surface area contributed by atoms with Gasteiger partial charge in [0, 0.05) is 10.9 Å². The maximum Gasteiger partial charge on any atom is 0.0841 e. The molecule has 2 aromatic carbocycles. The van der Waals surface area contributed by atoms with Crippen LogP contribution in [0.5, 0.6) is 0 Å². The summed E-state index contributed by atoms with van der Waals surface area (Å²) in [6.45, 7) is 4.11. The number of halogens is 1. The van der Waals surface area contributed by atoms with Crippen LogP contribution >= 0.6 is 15.9 Å². The second-order valence-electron chi connectivity index (χ2n) is 4.73. The Balaban J connectivity index is 2.16. The van der Waals surface area contributed by atoms with E-state index in [0.717, 1.165) is 15.6 Å². The van der Waals surface area contributed by atoms with Crippen molar-refractivity contribution in [2.24, 2.45) is 0 Å². The molecule has 0 aromatic heterocycles. The Morgan fingerprint density at radius 1 is 1.00 bits per heavy atom. The molecule has 1 unspecified atom stereocenters. The molecule has 2 aromatic rings. The van der Waals surface area contributed by atoms with E-state index in [1.807, 2.05) is 25.1 Å². The van der Waals surface area contributed by atoms with E-state index in [1.165, 1.54) is 11.1 Å². The van der Waals surface area contributed by atoms with Crippen LogP contribution in [-0.4, -0.2) is 5.11 Å². The van der Waals surface area contributed by atoms with Crippen molar-refractivity contribution in [1.29, 1.82) is 0 Å². The molecule has 0 fully saturated rings. The van der Waals surface area contributed by atoms with Crippen LogP contribution in [0.1, 0.15) is 28.4 Å². The van der Waals surface area contributed by atoms with Crippen molar-refractivity contribution in [2.75, 3.05) is 0 Å². The zero-order valence-corrected chi connectivity index (χ0v) is 12.2. The van der Waals surface area contributed by atoms with Gasteiger partial charge in [0.2, 0.25) is 0 Å². The van der Waals surface area contributed by atoms with Crippen molar-refractivity contribution in [3.8, 4) is 0 Å². The quantitative estimate of drug-likeness (QED) is 0.894. The lowest BCUT2D eigenvalue weighted by atomic mass is 10.00. The third-order valence-electron chi connectivity index (χ3n) is 3.06. The van der Waals surface area contributed by atoms with Gasteiger partial charge in [-0.05, 0) is 36.6 Å². The Labute approximate surface area is 117 Å². The first-order valence-corrected chi connectivity index (χ1v) is 6.85. The third-order valence-corrected chi connectivity index (χ3v) is 3.75. The molecule has 0 saturated carbocycles. The summed E-state index contributed by atoms with van der Waals surface area (Å²) < 4.78 is 0.974. The average molecular weight is 305 g/mol. The Morgan fingerprint density at radius 2 is 1.61 bits per heavy atom. The predicted octanol–water partition coefficient (Wildman–Crippen LogP) is 4.34. The molecule has 0 saturated heterocycles. The Kier molecular flexibility index (Phi) is 4.20. The molecule has 0 radical (unpaired) electrons. The lowest BCUT2D eigenvalue weighted by molar-refractivity contribution is 0.177. The first-order chi connectivity index (χ1) is 8.56. The van der Waals surface area contributed by atoms with Crippen LogP contribution in [0.15, 0.2) is 46.9 Å². The van der Waals surface area contributed by atoms with Crippen molar-refractivity contribution in [1.82, 2.24) is 0 Å². The summed E-state index contributed by atoms with van der Waals surface area (Å²) in [5.41, 5.74) is 4.53. The molecule has 0 amide bonds. The van der Waals surface area contributed by atoms with Crippen LogP contribution in [0.3, 0.4) is 0 Å². The van der Waals surface area contributed by atoms with Gasteiger partial charge in [0.1, 0.15) is 0 Å². The van der Waals surface area contributed by atoms with Gasteiger partial charge in [-0.2, -0.15) is 0 Å². The summed E-state index contributed by atoms with van der Waals surface area (Å²) in [5, 5.41) is 10.3. The zero-order chi connectivity index (χ0) is 13.1. The molecule has 2 heteroatoms. The van der Waals surface area contributed by atoms with E-state index >= 15 is 0 Å². The number of hydrogen-bond acceptors (Lipinski definition) is 1. The van der Waals surface area contributed by atoms with E-state index in [1.54, 1.807) is 0 Å². The standard InChI is InChI=1S/C16H17BrO/c1-11-3-6-13(7-4-11)10-16(18)14-8-5-12(2)9-15(14)17/h3-9,16,18H,10H2,1-2H3. The number of hydrogen-bond donors (Lipinski definition) is 1. The fraction of sp³-hybridized carbons (Fsp3) is 0.250. The maximum absolute atomic E-state index is 10.3. The summed E-state index contributed by atoms with van der Waals surface area (Å²) >= 11 is 3.51. The van der Waals surface area contributed by atoms with E-state index in [0.29, 0.717) is 6.42 Å². The van der Waals surface area contributed by atoms with Crippen molar-refractivity contribution >= 4 is 15.9 Å². The molecule has 2 rings (SSSR count). The van der Waals surface area contributed by atoms with Gasteiger partial charge in [-0.15, -0.1) is 0 Å². The number of benzene rings is 2. The van der Waals surface area contributed by atoms with Crippen LogP contribution in [0, 0.1) is 13.8 Å². The van der Waals surface area contributed by atoms with Crippen LogP contribution in [0.25, 0.3) is 0 Å². The molecule has 0 spiro atoms. The Hall–Kier alpha value is -1.12. The van der Waals surface area contributed by atoms with Gasteiger partial charge in [-0.1, -0.05) is 57.9 Å². The predicted molar refractivity (Wildman–Crippen MR) is 78.7 cm³/mol. The summed E-state index contributed by atoms with van der Waals surface area (Å²) in [7, 11) is 0. The highest BCUT2D eigenvalue weighted by molar-refractivity contribution is 9.10. The molecule has 0 heterocycles. The summed E-state index contributed by atoms with van der Waals surface area (Å²) in [5.74, 6) is 0. The first-order valence-electron chi connectivity index (χ1n) is 6.06. The van der Waals surface area contributed by atoms with E-state index < -0.39 is 6.10 Å². The summed E-state index contributed by atoms with van der Waals surface area (Å²) in [6.07, 6.45) is 0.171. The maximum atomic E-state index is 10.3. The Bertz CT molecular complexity index is 531. The normalized spacial score (nSPS) is 12.4. The summed E-state index contributed by atoms with van der Waals surface area (Å²) in [6, 6.07) is 14.3. The van der Waals surface area contributed by atoms with Crippen molar-refractivity contribution < 1.29 is 5.11 Å². The topological polar surface area (TPSA) is 20.2 Å². The van der Waals surface area contributed by atoms with Gasteiger partial charge < -0.3 is 5.11 Å². The molecule has 0 aliphatic heterocycles. The molecule has 1 nitrogen and oxygen atoms in total. The average Bonchev–Trinajstić information content (AvgIpc) is 2.32. The smallest absolute Gasteiger partial charge is 0.0841 e. The minimum atomic E-state index is -0.470. The molecule has 94 valence electrons. The molecule has 0 bridgehead atoms. The SMILES string of the molecule is Cc1ccc(CC(O)c2ccc(C)cc2Br)cc1. The molecular weight excluding hydrogens is 288 g/mol. The number of aliphatic hydroxyl groups is 1. The lowest BCUT2D eigenvalue weighted by Gasteiger charge is -2.13. The van der Waals surface area contributed by atoms with E-state index in [2.05, 4.69) is 47.1 Å². The monoisotopic (exact) mass is 304 g/mol. The highest BCUT2D eigenvalue weighted by Gasteiger charge is 2.11. The summed E-state index contributed by atoms with van der Waals surface area (Å²) in [4.78, 5) is 0. The highest BCUT2D eigenvalue weighted by atomic mass is 79.9. The second-order valence-corrected chi connectivity index (χ2v) is 5.58. The van der Waals surface area contributed by atoms with Crippen molar-refractivity contribution in [3.05, 3.63) is 69.2 Å². The van der Waals surface area contributed by atoms with Crippen LogP contribution in [-0.2, 0) is 6.42 Å². The van der Waals surface area contributed by atoms with E-state index in [-0.39, 0.29) is 0 Å². The lowest BCUT2D eigenvalue weighted by Crippen LogP contribution is -2.03. The van der Waals surface area contributed by atoms with Gasteiger partial charge in [-0.3, -0.25) is 0 Å². The van der Waals surface area contributed by atoms with Crippen LogP contribution in [0.2, 0.25) is 0 Å². The van der Waals surface area contributed by atoms with Crippen molar-refractivity contribution in [2.45, 2.75) is 26.4 Å². The minimum absolute atomic E-state index is 0.470. The highest BCUT2D eigenvalue weighted by Crippen LogP contribution is 2.27. The van der Waals surface area contributed by atoms with Gasteiger partial charge in [0.15, 0.2) is 0 Å². The molecule has 0 aliphatic rings. The zero-order valence-electron chi connectivity index (χ0n) is 10.7. The number of aliphatic hydroxyl groups excluding tert-OH is 1. The largest absolute Gasteiger partial charge is 0.388 e. The molecule has 1 N–H and O–H groups in total. The van der Waals surface area contributed by atoms with Crippen molar-refractivity contribution in [3.63, 3.8) is 0 Å². The Morgan fingerprint density at radius 3 is 2.22 bits per heavy atom. The number of rotatable bonds is 3. The third kappa shape index (κ3) is 3.21. The van der Waals surface area contributed by atoms with Crippen LogP contribution in [0.4, 0.5) is 0 Å². The molecular formula is C16H17BrO. The molecule has 0 aliphatic carbocycles. The molecule has 1 atom stereocenters. The van der Waals surface area contributed by atoms with Gasteiger partial charge in [0.25, 0.3) is 0 Å². The first kappa shape index (κ1) is 13.3. The second kappa shape index (κ2) is 5.68. The van der Waals surface area contributed by atoms with Gasteiger partial charge in [0.05, 0.1) is 6.10 Å². The van der Waals surface area contributed by atoms with E-state index in [9.17, 15) is 5.11 Å². The fourth-order valence-corrected chi connectivity index (χ4v) is 2.72. The van der Waals surface area contributed by atoms with Gasteiger partial charge >= 0.3 is 0 Å².